The molecule has 1 aliphatic heterocycles. The van der Waals surface area contributed by atoms with E-state index in [1.54, 1.807) is 0 Å². The van der Waals surface area contributed by atoms with Crippen molar-refractivity contribution in [3.05, 3.63) is 18.3 Å². The molecular weight excluding hydrogens is 202 g/mol. The Balaban J connectivity index is 0.000000963. The highest BCUT2D eigenvalue weighted by molar-refractivity contribution is 5.51. The fourth-order valence-electron chi connectivity index (χ4n) is 2.73. The summed E-state index contributed by atoms with van der Waals surface area (Å²) in [6, 6.07) is 3.83. The van der Waals surface area contributed by atoms with Gasteiger partial charge in [0.1, 0.15) is 5.82 Å². The molecule has 1 saturated heterocycles. The first-order valence-corrected chi connectivity index (χ1v) is 5.31. The van der Waals surface area contributed by atoms with Crippen LogP contribution in [-0.2, 0) is 0 Å². The summed E-state index contributed by atoms with van der Waals surface area (Å²) >= 11 is 0. The number of anilines is 2. The third kappa shape index (κ3) is 1.63. The Hall–Kier alpha value is -1.29. The highest BCUT2D eigenvalue weighted by atomic mass is 16.3. The molecule has 0 amide bonds. The smallest absolute Gasteiger partial charge is 0.123 e. The van der Waals surface area contributed by atoms with Gasteiger partial charge in [-0.15, -0.1) is 0 Å². The van der Waals surface area contributed by atoms with E-state index in [2.05, 4.69) is 9.88 Å². The average molecular weight is 221 g/mol. The second kappa shape index (κ2) is 3.63. The van der Waals surface area contributed by atoms with Crippen molar-refractivity contribution in [1.82, 2.24) is 4.98 Å². The molecular formula is C12H19N3O. The van der Waals surface area contributed by atoms with Crippen molar-refractivity contribution in [3.63, 3.8) is 0 Å². The van der Waals surface area contributed by atoms with Gasteiger partial charge in [0, 0.05) is 18.5 Å². The second-order valence-electron chi connectivity index (χ2n) is 4.86. The SMILES string of the molecule is C.Nc1ccc(N2CC3(CC(O)C3)C2)cn1. The summed E-state index contributed by atoms with van der Waals surface area (Å²) in [6.07, 6.45) is 3.69. The molecule has 2 aliphatic rings. The summed E-state index contributed by atoms with van der Waals surface area (Å²) in [5.74, 6) is 0.563. The quantitative estimate of drug-likeness (QED) is 0.749. The lowest BCUT2D eigenvalue weighted by atomic mass is 9.62. The van der Waals surface area contributed by atoms with E-state index in [1.165, 1.54) is 0 Å². The van der Waals surface area contributed by atoms with Crippen LogP contribution in [0.15, 0.2) is 18.3 Å². The van der Waals surface area contributed by atoms with Crippen LogP contribution in [0.1, 0.15) is 20.3 Å². The fraction of sp³-hybridized carbons (Fsp3) is 0.583. The Morgan fingerprint density at radius 1 is 1.38 bits per heavy atom. The van der Waals surface area contributed by atoms with Gasteiger partial charge in [-0.1, -0.05) is 7.43 Å². The molecule has 1 saturated carbocycles. The maximum atomic E-state index is 9.29. The van der Waals surface area contributed by atoms with Crippen LogP contribution in [0.25, 0.3) is 0 Å². The van der Waals surface area contributed by atoms with Gasteiger partial charge in [0.15, 0.2) is 0 Å². The molecule has 0 unspecified atom stereocenters. The minimum atomic E-state index is -0.0586. The molecule has 1 aromatic heterocycles. The second-order valence-corrected chi connectivity index (χ2v) is 4.86. The van der Waals surface area contributed by atoms with Crippen molar-refractivity contribution in [2.75, 3.05) is 23.7 Å². The first kappa shape index (κ1) is 11.2. The average Bonchev–Trinajstić information content (AvgIpc) is 2.11. The number of hydrogen-bond donors (Lipinski definition) is 2. The van der Waals surface area contributed by atoms with Crippen LogP contribution in [0.5, 0.6) is 0 Å². The van der Waals surface area contributed by atoms with Gasteiger partial charge in [-0.2, -0.15) is 0 Å². The summed E-state index contributed by atoms with van der Waals surface area (Å²) in [7, 11) is 0. The lowest BCUT2D eigenvalue weighted by Crippen LogP contribution is -2.63. The van der Waals surface area contributed by atoms with Crippen molar-refractivity contribution in [2.45, 2.75) is 26.4 Å². The van der Waals surface area contributed by atoms with Crippen LogP contribution in [0.2, 0.25) is 0 Å². The van der Waals surface area contributed by atoms with E-state index >= 15 is 0 Å². The van der Waals surface area contributed by atoms with Crippen molar-refractivity contribution >= 4 is 11.5 Å². The minimum absolute atomic E-state index is 0. The summed E-state index contributed by atoms with van der Waals surface area (Å²) in [6.45, 7) is 2.10. The number of aliphatic hydroxyl groups is 1. The van der Waals surface area contributed by atoms with Crippen LogP contribution in [-0.4, -0.2) is 29.3 Å². The van der Waals surface area contributed by atoms with Crippen LogP contribution in [0.4, 0.5) is 11.5 Å². The van der Waals surface area contributed by atoms with Crippen LogP contribution < -0.4 is 10.6 Å². The highest BCUT2D eigenvalue weighted by Gasteiger charge is 2.51. The molecule has 16 heavy (non-hydrogen) atoms. The van der Waals surface area contributed by atoms with Crippen molar-refractivity contribution in [1.29, 1.82) is 0 Å². The summed E-state index contributed by atoms with van der Waals surface area (Å²) in [5, 5.41) is 9.29. The first-order chi connectivity index (χ1) is 7.17. The van der Waals surface area contributed by atoms with Gasteiger partial charge >= 0.3 is 0 Å². The Labute approximate surface area is 96.1 Å². The Morgan fingerprint density at radius 2 is 2.06 bits per heavy atom. The third-order valence-corrected chi connectivity index (χ3v) is 3.53. The molecule has 88 valence electrons. The van der Waals surface area contributed by atoms with E-state index in [1.807, 2.05) is 18.3 Å². The summed E-state index contributed by atoms with van der Waals surface area (Å²) in [5.41, 5.74) is 7.07. The van der Waals surface area contributed by atoms with Crippen molar-refractivity contribution in [3.8, 4) is 0 Å². The predicted octanol–water partition coefficient (Wildman–Crippen LogP) is 1.26. The molecule has 0 atom stereocenters. The van der Waals surface area contributed by atoms with Crippen LogP contribution in [0.3, 0.4) is 0 Å². The molecule has 0 radical (unpaired) electrons. The fourth-order valence-corrected chi connectivity index (χ4v) is 2.73. The molecule has 0 aromatic carbocycles. The Kier molecular flexibility index (Phi) is 2.54. The van der Waals surface area contributed by atoms with Crippen molar-refractivity contribution in [2.24, 2.45) is 5.41 Å². The summed E-state index contributed by atoms with van der Waals surface area (Å²) < 4.78 is 0. The zero-order valence-corrected chi connectivity index (χ0v) is 8.56. The Bertz CT molecular complexity index is 362. The van der Waals surface area contributed by atoms with Gasteiger partial charge in [0.05, 0.1) is 18.0 Å². The lowest BCUT2D eigenvalue weighted by Gasteiger charge is -2.58. The number of pyridine rings is 1. The molecule has 1 spiro atoms. The van der Waals surface area contributed by atoms with E-state index in [4.69, 9.17) is 5.73 Å². The largest absolute Gasteiger partial charge is 0.393 e. The maximum absolute atomic E-state index is 9.29. The van der Waals surface area contributed by atoms with Crippen LogP contribution in [0, 0.1) is 5.41 Å². The zero-order valence-electron chi connectivity index (χ0n) is 8.56. The van der Waals surface area contributed by atoms with E-state index in [9.17, 15) is 5.11 Å². The molecule has 0 bridgehead atoms. The maximum Gasteiger partial charge on any atom is 0.123 e. The zero-order chi connectivity index (χ0) is 10.5. The number of nitrogens with two attached hydrogens (primary N) is 1. The van der Waals surface area contributed by atoms with Gasteiger partial charge in [-0.3, -0.25) is 0 Å². The highest BCUT2D eigenvalue weighted by Crippen LogP contribution is 2.49. The molecule has 4 nitrogen and oxygen atoms in total. The van der Waals surface area contributed by atoms with E-state index in [0.717, 1.165) is 31.6 Å². The van der Waals surface area contributed by atoms with Gasteiger partial charge in [-0.05, 0) is 25.0 Å². The van der Waals surface area contributed by atoms with Gasteiger partial charge in [0.2, 0.25) is 0 Å². The lowest BCUT2D eigenvalue weighted by molar-refractivity contribution is -0.0491. The number of aliphatic hydroxyl groups excluding tert-OH is 1. The molecule has 2 fully saturated rings. The van der Waals surface area contributed by atoms with E-state index in [-0.39, 0.29) is 13.5 Å². The standard InChI is InChI=1S/C11H15N3O.CH4/c12-10-2-1-8(5-13-10)14-6-11(7-14)3-9(15)4-11;/h1-2,5,9,15H,3-4,6-7H2,(H2,12,13);1H4. The number of rotatable bonds is 1. The third-order valence-electron chi connectivity index (χ3n) is 3.53. The number of nitrogens with zero attached hydrogens (tertiary/aromatic N) is 2. The predicted molar refractivity (Wildman–Crippen MR) is 65.3 cm³/mol. The summed E-state index contributed by atoms with van der Waals surface area (Å²) in [4.78, 5) is 6.37. The van der Waals surface area contributed by atoms with Gasteiger partial charge < -0.3 is 15.7 Å². The minimum Gasteiger partial charge on any atom is -0.393 e. The number of nitrogen functional groups attached to an aromatic ring is 1. The Morgan fingerprint density at radius 3 is 2.56 bits per heavy atom. The van der Waals surface area contributed by atoms with E-state index < -0.39 is 0 Å². The molecule has 1 aromatic rings. The number of hydrogen-bond acceptors (Lipinski definition) is 4. The number of aromatic nitrogens is 1. The van der Waals surface area contributed by atoms with Crippen molar-refractivity contribution < 1.29 is 5.11 Å². The molecule has 1 aliphatic carbocycles. The topological polar surface area (TPSA) is 62.4 Å². The molecule has 3 rings (SSSR count). The van der Waals surface area contributed by atoms with Crippen LogP contribution >= 0.6 is 0 Å². The monoisotopic (exact) mass is 221 g/mol. The van der Waals surface area contributed by atoms with Gasteiger partial charge in [-0.25, -0.2) is 4.98 Å². The molecule has 2 heterocycles. The first-order valence-electron chi connectivity index (χ1n) is 5.31. The molecule has 4 heteroatoms. The normalized spacial score (nSPS) is 22.2. The van der Waals surface area contributed by atoms with E-state index in [0.29, 0.717) is 11.2 Å². The molecule has 3 N–H and O–H groups in total. The van der Waals surface area contributed by atoms with Gasteiger partial charge in [0.25, 0.3) is 0 Å².